The fourth-order valence-electron chi connectivity index (χ4n) is 2.08. The average molecular weight is 302 g/mol. The summed E-state index contributed by atoms with van der Waals surface area (Å²) in [5, 5.41) is 8.10. The highest BCUT2D eigenvalue weighted by molar-refractivity contribution is 9.10. The molecule has 1 aromatic rings. The van der Waals surface area contributed by atoms with Gasteiger partial charge in [-0.1, -0.05) is 20.8 Å². The number of hydrogen-bond acceptors (Lipinski definition) is 2. The van der Waals surface area contributed by atoms with Crippen molar-refractivity contribution in [2.75, 3.05) is 6.54 Å². The van der Waals surface area contributed by atoms with Crippen LogP contribution < -0.4 is 5.32 Å². The lowest BCUT2D eigenvalue weighted by atomic mass is 9.99. The number of hydrogen-bond donors (Lipinski definition) is 1. The summed E-state index contributed by atoms with van der Waals surface area (Å²) in [6, 6.07) is 0.512. The van der Waals surface area contributed by atoms with E-state index in [0.29, 0.717) is 12.0 Å². The van der Waals surface area contributed by atoms with Crippen molar-refractivity contribution in [3.05, 3.63) is 15.9 Å². The molecule has 0 radical (unpaired) electrons. The molecule has 1 aromatic heterocycles. The second kappa shape index (κ2) is 6.55. The summed E-state index contributed by atoms with van der Waals surface area (Å²) in [6.07, 6.45) is 1.03. The van der Waals surface area contributed by atoms with Crippen molar-refractivity contribution >= 4 is 15.9 Å². The Bertz CT molecular complexity index is 358. The van der Waals surface area contributed by atoms with Crippen molar-refractivity contribution in [3.63, 3.8) is 0 Å². The first kappa shape index (κ1) is 14.7. The Morgan fingerprint density at radius 3 is 2.47 bits per heavy atom. The fraction of sp³-hybridized carbons (Fsp3) is 0.769. The summed E-state index contributed by atoms with van der Waals surface area (Å²) >= 11 is 3.66. The predicted octanol–water partition coefficient (Wildman–Crippen LogP) is 3.15. The van der Waals surface area contributed by atoms with E-state index < -0.39 is 0 Å². The van der Waals surface area contributed by atoms with E-state index in [2.05, 4.69) is 65.6 Å². The summed E-state index contributed by atoms with van der Waals surface area (Å²) in [5.41, 5.74) is 2.39. The van der Waals surface area contributed by atoms with Crippen LogP contribution in [0, 0.1) is 12.8 Å². The third kappa shape index (κ3) is 3.55. The van der Waals surface area contributed by atoms with Gasteiger partial charge in [0.05, 0.1) is 15.9 Å². The summed E-state index contributed by atoms with van der Waals surface area (Å²) in [7, 11) is 0. The zero-order valence-corrected chi connectivity index (χ0v) is 13.1. The highest BCUT2D eigenvalue weighted by Gasteiger charge is 2.19. The van der Waals surface area contributed by atoms with Gasteiger partial charge in [-0.3, -0.25) is 4.68 Å². The molecule has 0 saturated carbocycles. The lowest BCUT2D eigenvalue weighted by Crippen LogP contribution is -2.36. The van der Waals surface area contributed by atoms with E-state index in [-0.39, 0.29) is 0 Å². The van der Waals surface area contributed by atoms with Crippen LogP contribution in [0.5, 0.6) is 0 Å². The Hall–Kier alpha value is -0.350. The van der Waals surface area contributed by atoms with Crippen LogP contribution in [-0.4, -0.2) is 22.4 Å². The maximum atomic E-state index is 4.54. The second-order valence-corrected chi connectivity index (χ2v) is 5.57. The molecule has 1 unspecified atom stereocenters. The van der Waals surface area contributed by atoms with Gasteiger partial charge in [0.15, 0.2) is 0 Å². The third-order valence-corrected chi connectivity index (χ3v) is 4.17. The summed E-state index contributed by atoms with van der Waals surface area (Å²) in [5.74, 6) is 0.627. The topological polar surface area (TPSA) is 29.9 Å². The SMILES string of the molecule is CCNC(Cc1c(Br)c(C)nn1CC)C(C)C. The minimum absolute atomic E-state index is 0.512. The molecule has 0 bridgehead atoms. The van der Waals surface area contributed by atoms with Gasteiger partial charge in [-0.05, 0) is 42.2 Å². The number of nitrogens with one attached hydrogen (secondary N) is 1. The van der Waals surface area contributed by atoms with Crippen LogP contribution in [0.2, 0.25) is 0 Å². The molecular weight excluding hydrogens is 278 g/mol. The molecule has 1 rings (SSSR count). The Labute approximate surface area is 113 Å². The van der Waals surface area contributed by atoms with Gasteiger partial charge in [0.2, 0.25) is 0 Å². The molecule has 0 amide bonds. The van der Waals surface area contributed by atoms with Gasteiger partial charge in [-0.15, -0.1) is 0 Å². The molecule has 3 nitrogen and oxygen atoms in total. The third-order valence-electron chi connectivity index (χ3n) is 3.14. The molecule has 0 aliphatic heterocycles. The van der Waals surface area contributed by atoms with Gasteiger partial charge in [0.25, 0.3) is 0 Å². The summed E-state index contributed by atoms with van der Waals surface area (Å²) in [4.78, 5) is 0. The Balaban J connectivity index is 2.91. The molecule has 0 aliphatic carbocycles. The van der Waals surface area contributed by atoms with Gasteiger partial charge >= 0.3 is 0 Å². The Morgan fingerprint density at radius 2 is 2.00 bits per heavy atom. The monoisotopic (exact) mass is 301 g/mol. The molecule has 4 heteroatoms. The minimum atomic E-state index is 0.512. The molecule has 0 fully saturated rings. The zero-order chi connectivity index (χ0) is 13.0. The lowest BCUT2D eigenvalue weighted by molar-refractivity contribution is 0.394. The van der Waals surface area contributed by atoms with E-state index in [9.17, 15) is 0 Å². The van der Waals surface area contributed by atoms with Crippen molar-refractivity contribution in [2.24, 2.45) is 5.92 Å². The maximum Gasteiger partial charge on any atom is 0.0738 e. The van der Waals surface area contributed by atoms with Crippen molar-refractivity contribution in [2.45, 2.75) is 53.6 Å². The first-order valence-corrected chi connectivity index (χ1v) is 7.25. The Kier molecular flexibility index (Phi) is 5.67. The molecule has 1 heterocycles. The van der Waals surface area contributed by atoms with Crippen LogP contribution in [0.25, 0.3) is 0 Å². The first-order chi connectivity index (χ1) is 8.01. The normalized spacial score (nSPS) is 13.4. The predicted molar refractivity (Wildman–Crippen MR) is 76.3 cm³/mol. The zero-order valence-electron chi connectivity index (χ0n) is 11.5. The van der Waals surface area contributed by atoms with E-state index in [1.54, 1.807) is 0 Å². The van der Waals surface area contributed by atoms with Gasteiger partial charge in [0, 0.05) is 19.0 Å². The number of likely N-dealkylation sites (N-methyl/N-ethyl adjacent to an activating group) is 1. The van der Waals surface area contributed by atoms with E-state index in [0.717, 1.165) is 25.2 Å². The number of aryl methyl sites for hydroxylation is 2. The first-order valence-electron chi connectivity index (χ1n) is 6.46. The van der Waals surface area contributed by atoms with Crippen LogP contribution in [0.3, 0.4) is 0 Å². The molecule has 1 N–H and O–H groups in total. The quantitative estimate of drug-likeness (QED) is 0.875. The number of aromatic nitrogens is 2. The van der Waals surface area contributed by atoms with Gasteiger partial charge in [-0.2, -0.15) is 5.10 Å². The molecular formula is C13H24BrN3. The average Bonchev–Trinajstić information content (AvgIpc) is 2.55. The van der Waals surface area contributed by atoms with Crippen LogP contribution in [0.4, 0.5) is 0 Å². The molecule has 0 aromatic carbocycles. The maximum absolute atomic E-state index is 4.54. The molecule has 0 spiro atoms. The molecule has 98 valence electrons. The van der Waals surface area contributed by atoms with Crippen molar-refractivity contribution in [3.8, 4) is 0 Å². The van der Waals surface area contributed by atoms with Crippen LogP contribution in [-0.2, 0) is 13.0 Å². The molecule has 17 heavy (non-hydrogen) atoms. The summed E-state index contributed by atoms with van der Waals surface area (Å²) in [6.45, 7) is 12.8. The van der Waals surface area contributed by atoms with E-state index in [4.69, 9.17) is 0 Å². The van der Waals surface area contributed by atoms with Gasteiger partial charge < -0.3 is 5.32 Å². The lowest BCUT2D eigenvalue weighted by Gasteiger charge is -2.22. The summed E-state index contributed by atoms with van der Waals surface area (Å²) < 4.78 is 3.27. The minimum Gasteiger partial charge on any atom is -0.314 e. The number of halogens is 1. The number of nitrogens with zero attached hydrogens (tertiary/aromatic N) is 2. The van der Waals surface area contributed by atoms with Crippen molar-refractivity contribution in [1.82, 2.24) is 15.1 Å². The van der Waals surface area contributed by atoms with Crippen LogP contribution in [0.15, 0.2) is 4.47 Å². The second-order valence-electron chi connectivity index (χ2n) is 4.77. The highest BCUT2D eigenvalue weighted by Crippen LogP contribution is 2.23. The fourth-order valence-corrected chi connectivity index (χ4v) is 2.52. The van der Waals surface area contributed by atoms with Crippen LogP contribution in [0.1, 0.15) is 39.1 Å². The van der Waals surface area contributed by atoms with Gasteiger partial charge in [-0.25, -0.2) is 0 Å². The van der Waals surface area contributed by atoms with Crippen LogP contribution >= 0.6 is 15.9 Å². The Morgan fingerprint density at radius 1 is 1.35 bits per heavy atom. The molecule has 0 aliphatic rings. The standard InChI is InChI=1S/C13H24BrN3/c1-6-15-11(9(3)4)8-12-13(14)10(5)16-17(12)7-2/h9,11,15H,6-8H2,1-5H3. The molecule has 1 atom stereocenters. The van der Waals surface area contributed by atoms with E-state index in [1.807, 2.05) is 0 Å². The number of rotatable bonds is 6. The van der Waals surface area contributed by atoms with Crippen molar-refractivity contribution < 1.29 is 0 Å². The highest BCUT2D eigenvalue weighted by atomic mass is 79.9. The largest absolute Gasteiger partial charge is 0.314 e. The smallest absolute Gasteiger partial charge is 0.0738 e. The van der Waals surface area contributed by atoms with E-state index in [1.165, 1.54) is 10.2 Å². The van der Waals surface area contributed by atoms with E-state index >= 15 is 0 Å². The van der Waals surface area contributed by atoms with Crippen molar-refractivity contribution in [1.29, 1.82) is 0 Å². The molecule has 0 saturated heterocycles. The van der Waals surface area contributed by atoms with Gasteiger partial charge in [0.1, 0.15) is 0 Å².